The number of carboxylic acids is 1. The number of nitrogens with one attached hydrogen (secondary N) is 1. The predicted octanol–water partition coefficient (Wildman–Crippen LogP) is -0.583. The van der Waals surface area contributed by atoms with Crippen molar-refractivity contribution in [2.45, 2.75) is 0 Å². The van der Waals surface area contributed by atoms with Crippen LogP contribution in [0.5, 0.6) is 0 Å². The summed E-state index contributed by atoms with van der Waals surface area (Å²) in [6.07, 6.45) is 0. The number of hydrogen-bond acceptors (Lipinski definition) is 4. The van der Waals surface area contributed by atoms with E-state index in [2.05, 4.69) is 5.32 Å². The first kappa shape index (κ1) is 12.7. The summed E-state index contributed by atoms with van der Waals surface area (Å²) in [5.41, 5.74) is 0.465. The molecular weight excluding hydrogens is 252 g/mol. The fourth-order valence-electron chi connectivity index (χ4n) is 1.74. The van der Waals surface area contributed by atoms with Crippen LogP contribution in [0.2, 0.25) is 0 Å². The number of aliphatic carboxylic acids is 1. The minimum absolute atomic E-state index is 0.0187. The quantitative estimate of drug-likeness (QED) is 0.560. The molecule has 0 saturated carbocycles. The minimum Gasteiger partial charge on any atom is -0.475 e. The van der Waals surface area contributed by atoms with Crippen LogP contribution in [-0.2, 0) is 14.4 Å². The van der Waals surface area contributed by atoms with Crippen LogP contribution in [0.15, 0.2) is 24.3 Å². The van der Waals surface area contributed by atoms with Crippen molar-refractivity contribution in [3.63, 3.8) is 0 Å². The van der Waals surface area contributed by atoms with E-state index in [4.69, 9.17) is 5.11 Å². The molecule has 0 unspecified atom stereocenters. The number of carboxylic acid groups (broad SMARTS) is 1. The third kappa shape index (κ3) is 2.44. The van der Waals surface area contributed by atoms with Crippen molar-refractivity contribution < 1.29 is 24.3 Å². The second-order valence-corrected chi connectivity index (χ2v) is 3.89. The van der Waals surface area contributed by atoms with E-state index in [0.717, 1.165) is 0 Å². The van der Waals surface area contributed by atoms with Crippen LogP contribution in [-0.4, -0.2) is 41.8 Å². The molecule has 98 valence electrons. The molecule has 2 N–H and O–H groups in total. The van der Waals surface area contributed by atoms with E-state index >= 15 is 0 Å². The van der Waals surface area contributed by atoms with E-state index in [0.29, 0.717) is 18.8 Å². The number of carbonyl (C=O) groups is 4. The molecule has 1 aromatic rings. The Morgan fingerprint density at radius 1 is 1.16 bits per heavy atom. The van der Waals surface area contributed by atoms with Gasteiger partial charge in [-0.25, -0.2) is 4.79 Å². The van der Waals surface area contributed by atoms with E-state index in [1.165, 1.54) is 29.2 Å². The zero-order valence-electron chi connectivity index (χ0n) is 9.75. The number of rotatable bonds is 3. The third-order valence-electron chi connectivity index (χ3n) is 2.70. The Hall–Kier alpha value is -2.70. The number of benzene rings is 1. The fourth-order valence-corrected chi connectivity index (χ4v) is 1.74. The van der Waals surface area contributed by atoms with Crippen molar-refractivity contribution >= 4 is 29.3 Å². The standard InChI is InChI=1S/C12H10N2O5/c15-9(12(18)19)7-1-3-8(4-2-7)14-6-5-13-10(16)11(14)17/h1-4H,5-6H2,(H,13,16)(H,18,19). The summed E-state index contributed by atoms with van der Waals surface area (Å²) in [6.45, 7) is 0.678. The predicted molar refractivity (Wildman–Crippen MR) is 63.8 cm³/mol. The maximum absolute atomic E-state index is 11.6. The van der Waals surface area contributed by atoms with Gasteiger partial charge < -0.3 is 15.3 Å². The number of anilines is 1. The lowest BCUT2D eigenvalue weighted by molar-refractivity contribution is -0.138. The van der Waals surface area contributed by atoms with E-state index in [1.54, 1.807) is 0 Å². The van der Waals surface area contributed by atoms with Gasteiger partial charge in [0.2, 0.25) is 0 Å². The molecule has 7 nitrogen and oxygen atoms in total. The largest absolute Gasteiger partial charge is 0.475 e. The topological polar surface area (TPSA) is 104 Å². The van der Waals surface area contributed by atoms with Crippen molar-refractivity contribution in [1.29, 1.82) is 0 Å². The smallest absolute Gasteiger partial charge is 0.377 e. The maximum atomic E-state index is 11.6. The van der Waals surface area contributed by atoms with E-state index < -0.39 is 23.6 Å². The van der Waals surface area contributed by atoms with E-state index in [-0.39, 0.29) is 5.56 Å². The summed E-state index contributed by atoms with van der Waals surface area (Å²) >= 11 is 0. The number of nitrogens with zero attached hydrogens (tertiary/aromatic N) is 1. The summed E-state index contributed by atoms with van der Waals surface area (Å²) in [4.78, 5) is 45.8. The highest BCUT2D eigenvalue weighted by atomic mass is 16.4. The molecule has 1 aromatic carbocycles. The van der Waals surface area contributed by atoms with E-state index in [9.17, 15) is 19.2 Å². The highest BCUT2D eigenvalue weighted by Gasteiger charge is 2.27. The van der Waals surface area contributed by atoms with Gasteiger partial charge in [-0.2, -0.15) is 0 Å². The molecule has 0 aliphatic carbocycles. The number of ketones is 1. The van der Waals surface area contributed by atoms with Crippen LogP contribution in [0.25, 0.3) is 0 Å². The molecule has 0 atom stereocenters. The Morgan fingerprint density at radius 3 is 2.37 bits per heavy atom. The average molecular weight is 262 g/mol. The van der Waals surface area contributed by atoms with Gasteiger partial charge in [0.05, 0.1) is 0 Å². The Bertz CT molecular complexity index is 564. The SMILES string of the molecule is O=C(O)C(=O)c1ccc(N2CCNC(=O)C2=O)cc1. The van der Waals surface area contributed by atoms with Gasteiger partial charge in [-0.15, -0.1) is 0 Å². The molecular formula is C12H10N2O5. The van der Waals surface area contributed by atoms with Gasteiger partial charge in [0.15, 0.2) is 0 Å². The lowest BCUT2D eigenvalue weighted by Gasteiger charge is -2.26. The lowest BCUT2D eigenvalue weighted by atomic mass is 10.1. The number of piperazine rings is 1. The normalized spacial score (nSPS) is 15.1. The first-order valence-corrected chi connectivity index (χ1v) is 5.48. The van der Waals surface area contributed by atoms with Crippen molar-refractivity contribution in [1.82, 2.24) is 5.32 Å². The molecule has 19 heavy (non-hydrogen) atoms. The molecule has 0 aromatic heterocycles. The van der Waals surface area contributed by atoms with Crippen LogP contribution < -0.4 is 10.2 Å². The van der Waals surface area contributed by atoms with Gasteiger partial charge in [0.25, 0.3) is 5.78 Å². The number of Topliss-reactive ketones (excluding diaryl/α,β-unsaturated/α-hetero) is 1. The summed E-state index contributed by atoms with van der Waals surface area (Å²) in [6, 6.07) is 5.50. The molecule has 1 aliphatic rings. The fraction of sp³-hybridized carbons (Fsp3) is 0.167. The summed E-state index contributed by atoms with van der Waals surface area (Å²) in [5, 5.41) is 11.0. The van der Waals surface area contributed by atoms with Crippen LogP contribution in [0, 0.1) is 0 Å². The Kier molecular flexibility index (Phi) is 3.28. The van der Waals surface area contributed by atoms with Crippen LogP contribution in [0.1, 0.15) is 10.4 Å². The molecule has 0 radical (unpaired) electrons. The molecule has 0 spiro atoms. The number of hydrogen-bond donors (Lipinski definition) is 2. The molecule has 2 rings (SSSR count). The van der Waals surface area contributed by atoms with Crippen molar-refractivity contribution in [2.24, 2.45) is 0 Å². The van der Waals surface area contributed by atoms with Crippen LogP contribution in [0.4, 0.5) is 5.69 Å². The average Bonchev–Trinajstić information content (AvgIpc) is 2.41. The van der Waals surface area contributed by atoms with Gasteiger partial charge in [0, 0.05) is 24.3 Å². The molecule has 7 heteroatoms. The Morgan fingerprint density at radius 2 is 1.79 bits per heavy atom. The maximum Gasteiger partial charge on any atom is 0.377 e. The van der Waals surface area contributed by atoms with Crippen LogP contribution >= 0.6 is 0 Å². The highest BCUT2D eigenvalue weighted by molar-refractivity contribution is 6.41. The van der Waals surface area contributed by atoms with Gasteiger partial charge in [-0.1, -0.05) is 0 Å². The Labute approximate surface area is 107 Å². The number of amides is 2. The van der Waals surface area contributed by atoms with E-state index in [1.807, 2.05) is 0 Å². The lowest BCUT2D eigenvalue weighted by Crippen LogP contribution is -2.52. The monoisotopic (exact) mass is 262 g/mol. The molecule has 1 aliphatic heterocycles. The van der Waals surface area contributed by atoms with Crippen molar-refractivity contribution in [3.8, 4) is 0 Å². The molecule has 1 fully saturated rings. The minimum atomic E-state index is -1.54. The van der Waals surface area contributed by atoms with Crippen molar-refractivity contribution in [2.75, 3.05) is 18.0 Å². The second kappa shape index (κ2) is 4.89. The van der Waals surface area contributed by atoms with Crippen molar-refractivity contribution in [3.05, 3.63) is 29.8 Å². The van der Waals surface area contributed by atoms with Crippen LogP contribution in [0.3, 0.4) is 0 Å². The first-order chi connectivity index (χ1) is 9.00. The van der Waals surface area contributed by atoms with Gasteiger partial charge in [0.1, 0.15) is 0 Å². The zero-order chi connectivity index (χ0) is 14.0. The van der Waals surface area contributed by atoms with Gasteiger partial charge >= 0.3 is 17.8 Å². The zero-order valence-corrected chi connectivity index (χ0v) is 9.75. The third-order valence-corrected chi connectivity index (χ3v) is 2.70. The summed E-state index contributed by atoms with van der Waals surface area (Å²) in [7, 11) is 0. The molecule has 0 bridgehead atoms. The highest BCUT2D eigenvalue weighted by Crippen LogP contribution is 2.17. The molecule has 1 saturated heterocycles. The molecule has 2 amide bonds. The Balaban J connectivity index is 2.23. The molecule has 1 heterocycles. The first-order valence-electron chi connectivity index (χ1n) is 5.48. The second-order valence-electron chi connectivity index (χ2n) is 3.89. The van der Waals surface area contributed by atoms with Gasteiger partial charge in [-0.05, 0) is 24.3 Å². The summed E-state index contributed by atoms with van der Waals surface area (Å²) < 4.78 is 0. The summed E-state index contributed by atoms with van der Waals surface area (Å²) in [5.74, 6) is -3.92. The number of carbonyl (C=O) groups excluding carboxylic acids is 3. The van der Waals surface area contributed by atoms with Gasteiger partial charge in [-0.3, -0.25) is 14.4 Å².